The largest absolute Gasteiger partial charge is 0.299 e. The van der Waals surface area contributed by atoms with E-state index in [-0.39, 0.29) is 5.54 Å². The number of nitriles is 1. The molecule has 78 valence electrons. The molecule has 1 N–H and O–H groups in total. The van der Waals surface area contributed by atoms with Crippen molar-refractivity contribution >= 4 is 0 Å². The first-order valence-corrected chi connectivity index (χ1v) is 5.90. The molecule has 0 bridgehead atoms. The highest BCUT2D eigenvalue weighted by atomic mass is 15.0. The summed E-state index contributed by atoms with van der Waals surface area (Å²) in [7, 11) is 0. The van der Waals surface area contributed by atoms with E-state index in [9.17, 15) is 5.26 Å². The predicted octanol–water partition coefficient (Wildman–Crippen LogP) is 2.46. The molecule has 2 atom stereocenters. The fraction of sp³-hybridized carbons (Fsp3) is 0.917. The van der Waals surface area contributed by atoms with Crippen LogP contribution in [0.3, 0.4) is 0 Å². The molecule has 2 heteroatoms. The van der Waals surface area contributed by atoms with Crippen LogP contribution < -0.4 is 5.32 Å². The van der Waals surface area contributed by atoms with Gasteiger partial charge in [-0.05, 0) is 44.1 Å². The number of nitrogens with one attached hydrogen (secondary N) is 1. The molecule has 2 saturated carbocycles. The summed E-state index contributed by atoms with van der Waals surface area (Å²) in [5, 5.41) is 12.8. The van der Waals surface area contributed by atoms with Crippen LogP contribution in [-0.2, 0) is 0 Å². The minimum atomic E-state index is -0.180. The molecule has 2 nitrogen and oxygen atoms in total. The quantitative estimate of drug-likeness (QED) is 0.745. The van der Waals surface area contributed by atoms with Crippen LogP contribution in [0.4, 0.5) is 0 Å². The van der Waals surface area contributed by atoms with Gasteiger partial charge in [0.25, 0.3) is 0 Å². The Morgan fingerprint density at radius 2 is 2.21 bits per heavy atom. The van der Waals surface area contributed by atoms with E-state index in [0.29, 0.717) is 0 Å². The van der Waals surface area contributed by atoms with Crippen molar-refractivity contribution in [3.63, 3.8) is 0 Å². The molecule has 0 aromatic carbocycles. The van der Waals surface area contributed by atoms with Crippen molar-refractivity contribution in [2.75, 3.05) is 6.54 Å². The Kier molecular flexibility index (Phi) is 2.78. The number of nitrogens with zero attached hydrogens (tertiary/aromatic N) is 1. The standard InChI is InChI=1S/C12H20N2/c1-10-3-2-6-12(7-10,9-13)14-8-11-4-5-11/h10-11,14H,2-8H2,1H3. The Balaban J connectivity index is 1.89. The van der Waals surface area contributed by atoms with Gasteiger partial charge in [-0.3, -0.25) is 5.32 Å². The van der Waals surface area contributed by atoms with Crippen LogP contribution in [0, 0.1) is 23.2 Å². The topological polar surface area (TPSA) is 35.8 Å². The highest BCUT2D eigenvalue weighted by molar-refractivity contribution is 5.09. The van der Waals surface area contributed by atoms with Crippen LogP contribution in [0.25, 0.3) is 0 Å². The van der Waals surface area contributed by atoms with Crippen LogP contribution >= 0.6 is 0 Å². The lowest BCUT2D eigenvalue weighted by molar-refractivity contribution is 0.239. The van der Waals surface area contributed by atoms with Crippen molar-refractivity contribution in [2.24, 2.45) is 11.8 Å². The molecule has 0 amide bonds. The van der Waals surface area contributed by atoms with Gasteiger partial charge in [0.05, 0.1) is 6.07 Å². The van der Waals surface area contributed by atoms with Crippen LogP contribution in [0.5, 0.6) is 0 Å². The molecule has 2 unspecified atom stereocenters. The van der Waals surface area contributed by atoms with Gasteiger partial charge >= 0.3 is 0 Å². The van der Waals surface area contributed by atoms with Gasteiger partial charge in [-0.25, -0.2) is 0 Å². The van der Waals surface area contributed by atoms with Crippen LogP contribution in [0.2, 0.25) is 0 Å². The molecule has 0 aromatic rings. The Morgan fingerprint density at radius 1 is 1.43 bits per heavy atom. The van der Waals surface area contributed by atoms with E-state index in [2.05, 4.69) is 18.3 Å². The molecule has 0 aromatic heterocycles. The minimum Gasteiger partial charge on any atom is -0.299 e. The molecule has 0 saturated heterocycles. The Bertz CT molecular complexity index is 239. The molecular formula is C12H20N2. The molecule has 2 aliphatic carbocycles. The molecule has 14 heavy (non-hydrogen) atoms. The van der Waals surface area contributed by atoms with Crippen LogP contribution in [0.15, 0.2) is 0 Å². The average Bonchev–Trinajstić information content (AvgIpc) is 2.98. The summed E-state index contributed by atoms with van der Waals surface area (Å²) >= 11 is 0. The fourth-order valence-electron chi connectivity index (χ4n) is 2.51. The lowest BCUT2D eigenvalue weighted by atomic mass is 9.77. The minimum absolute atomic E-state index is 0.180. The SMILES string of the molecule is CC1CCCC(C#N)(NCC2CC2)C1. The second-order valence-electron chi connectivity index (χ2n) is 5.22. The maximum absolute atomic E-state index is 9.28. The summed E-state index contributed by atoms with van der Waals surface area (Å²) in [4.78, 5) is 0. The summed E-state index contributed by atoms with van der Waals surface area (Å²) < 4.78 is 0. The maximum atomic E-state index is 9.28. The van der Waals surface area contributed by atoms with Crippen molar-refractivity contribution in [3.8, 4) is 6.07 Å². The summed E-state index contributed by atoms with van der Waals surface area (Å²) in [6.45, 7) is 3.34. The van der Waals surface area contributed by atoms with Crippen LogP contribution in [-0.4, -0.2) is 12.1 Å². The lowest BCUT2D eigenvalue weighted by Gasteiger charge is -2.35. The zero-order valence-electron chi connectivity index (χ0n) is 9.05. The van der Waals surface area contributed by atoms with Crippen molar-refractivity contribution < 1.29 is 0 Å². The number of hydrogen-bond acceptors (Lipinski definition) is 2. The third kappa shape index (κ3) is 2.27. The van der Waals surface area contributed by atoms with E-state index in [4.69, 9.17) is 0 Å². The first-order chi connectivity index (χ1) is 6.74. The van der Waals surface area contributed by atoms with Crippen molar-refractivity contribution in [1.82, 2.24) is 5.32 Å². The van der Waals surface area contributed by atoms with E-state index >= 15 is 0 Å². The van der Waals surface area contributed by atoms with E-state index < -0.39 is 0 Å². The second-order valence-corrected chi connectivity index (χ2v) is 5.22. The van der Waals surface area contributed by atoms with E-state index in [1.807, 2.05) is 0 Å². The molecular weight excluding hydrogens is 172 g/mol. The molecule has 2 fully saturated rings. The number of rotatable bonds is 3. The normalized spacial score (nSPS) is 37.9. The Morgan fingerprint density at radius 3 is 2.79 bits per heavy atom. The van der Waals surface area contributed by atoms with Crippen molar-refractivity contribution in [1.29, 1.82) is 5.26 Å². The van der Waals surface area contributed by atoms with Gasteiger partial charge in [-0.2, -0.15) is 5.26 Å². The summed E-state index contributed by atoms with van der Waals surface area (Å²) in [6, 6.07) is 2.52. The first-order valence-electron chi connectivity index (χ1n) is 5.90. The highest BCUT2D eigenvalue weighted by Gasteiger charge is 2.36. The van der Waals surface area contributed by atoms with E-state index in [1.165, 1.54) is 25.7 Å². The number of hydrogen-bond donors (Lipinski definition) is 1. The van der Waals surface area contributed by atoms with Gasteiger partial charge in [0.2, 0.25) is 0 Å². The lowest BCUT2D eigenvalue weighted by Crippen LogP contribution is -2.48. The zero-order chi connectivity index (χ0) is 10.0. The van der Waals surface area contributed by atoms with Crippen molar-refractivity contribution in [2.45, 2.75) is 51.0 Å². The Hall–Kier alpha value is -0.550. The summed E-state index contributed by atoms with van der Waals surface area (Å²) in [5.41, 5.74) is -0.180. The highest BCUT2D eigenvalue weighted by Crippen LogP contribution is 2.34. The predicted molar refractivity (Wildman–Crippen MR) is 56.7 cm³/mol. The van der Waals surface area contributed by atoms with E-state index in [1.54, 1.807) is 0 Å². The fourth-order valence-corrected chi connectivity index (χ4v) is 2.51. The third-order valence-electron chi connectivity index (χ3n) is 3.64. The molecule has 0 radical (unpaired) electrons. The molecule has 2 aliphatic rings. The van der Waals surface area contributed by atoms with Gasteiger partial charge in [-0.15, -0.1) is 0 Å². The van der Waals surface area contributed by atoms with Gasteiger partial charge in [0, 0.05) is 0 Å². The average molecular weight is 192 g/mol. The first kappa shape index (κ1) is 9.98. The molecule has 0 spiro atoms. The maximum Gasteiger partial charge on any atom is 0.107 e. The third-order valence-corrected chi connectivity index (χ3v) is 3.64. The monoisotopic (exact) mass is 192 g/mol. The zero-order valence-corrected chi connectivity index (χ0v) is 9.05. The van der Waals surface area contributed by atoms with Crippen molar-refractivity contribution in [3.05, 3.63) is 0 Å². The molecule has 0 aliphatic heterocycles. The van der Waals surface area contributed by atoms with Crippen LogP contribution in [0.1, 0.15) is 45.4 Å². The van der Waals surface area contributed by atoms with Gasteiger partial charge in [-0.1, -0.05) is 19.8 Å². The Labute approximate surface area is 86.7 Å². The van der Waals surface area contributed by atoms with Gasteiger partial charge < -0.3 is 0 Å². The van der Waals surface area contributed by atoms with Gasteiger partial charge in [0.15, 0.2) is 0 Å². The van der Waals surface area contributed by atoms with Gasteiger partial charge in [0.1, 0.15) is 5.54 Å². The smallest absolute Gasteiger partial charge is 0.107 e. The molecule has 0 heterocycles. The second kappa shape index (κ2) is 3.90. The van der Waals surface area contributed by atoms with E-state index in [0.717, 1.165) is 31.2 Å². The summed E-state index contributed by atoms with van der Waals surface area (Å²) in [5.74, 6) is 1.59. The summed E-state index contributed by atoms with van der Waals surface area (Å²) in [6.07, 6.45) is 7.35. The molecule has 2 rings (SSSR count).